The summed E-state index contributed by atoms with van der Waals surface area (Å²) in [6, 6.07) is 0. The first-order chi connectivity index (χ1) is 9.10. The number of hydrogen-bond donors (Lipinski definition) is 1. The normalized spacial score (nSPS) is 14.3. The van der Waals surface area contributed by atoms with Crippen molar-refractivity contribution in [1.29, 1.82) is 0 Å². The van der Waals surface area contributed by atoms with E-state index in [1.54, 1.807) is 0 Å². The van der Waals surface area contributed by atoms with E-state index in [0.717, 1.165) is 6.42 Å². The molecule has 0 saturated heterocycles. The molecule has 0 aliphatic heterocycles. The average molecular weight is 263 g/mol. The van der Waals surface area contributed by atoms with Gasteiger partial charge in [-0.05, 0) is 20.3 Å². The van der Waals surface area contributed by atoms with Gasteiger partial charge in [0.15, 0.2) is 11.5 Å². The fourth-order valence-corrected chi connectivity index (χ4v) is 1.69. The van der Waals surface area contributed by atoms with Crippen LogP contribution in [0.2, 0.25) is 0 Å². The summed E-state index contributed by atoms with van der Waals surface area (Å²) in [6.45, 7) is 6.42. The highest BCUT2D eigenvalue weighted by Gasteiger charge is 2.31. The van der Waals surface area contributed by atoms with Gasteiger partial charge in [0, 0.05) is 19.0 Å². The van der Waals surface area contributed by atoms with Crippen molar-refractivity contribution in [3.05, 3.63) is 18.2 Å². The quantitative estimate of drug-likeness (QED) is 0.877. The zero-order valence-corrected chi connectivity index (χ0v) is 11.3. The number of nitrogens with zero attached hydrogens (tertiary/aromatic N) is 4. The van der Waals surface area contributed by atoms with Crippen LogP contribution in [0.15, 0.2) is 16.9 Å². The van der Waals surface area contributed by atoms with Gasteiger partial charge < -0.3 is 15.0 Å². The molecular weight excluding hydrogens is 246 g/mol. The Morgan fingerprint density at radius 3 is 2.68 bits per heavy atom. The maximum Gasteiger partial charge on any atom is 0.280 e. The van der Waals surface area contributed by atoms with Crippen LogP contribution in [0.4, 0.5) is 5.82 Å². The van der Waals surface area contributed by atoms with Crippen LogP contribution in [0.1, 0.15) is 33.0 Å². The average Bonchev–Trinajstić information content (AvgIpc) is 2.89. The Bertz CT molecular complexity index is 557. The SMILES string of the molecule is CCOC(C)(CC)c1noc(-c2nccnc2N)n1. The first-order valence-electron chi connectivity index (χ1n) is 6.15. The minimum absolute atomic E-state index is 0.250. The van der Waals surface area contributed by atoms with Crippen LogP contribution in [0.25, 0.3) is 11.6 Å². The summed E-state index contributed by atoms with van der Waals surface area (Å²) < 4.78 is 10.9. The molecule has 2 aromatic heterocycles. The van der Waals surface area contributed by atoms with Gasteiger partial charge in [-0.2, -0.15) is 4.98 Å². The number of aromatic nitrogens is 4. The predicted octanol–water partition coefficient (Wildman–Crippen LogP) is 1.77. The first-order valence-corrected chi connectivity index (χ1v) is 6.15. The Morgan fingerprint density at radius 1 is 1.32 bits per heavy atom. The number of rotatable bonds is 5. The molecule has 7 nitrogen and oxygen atoms in total. The highest BCUT2D eigenvalue weighted by molar-refractivity contribution is 5.61. The second-order valence-corrected chi connectivity index (χ2v) is 4.23. The molecule has 102 valence electrons. The van der Waals surface area contributed by atoms with E-state index in [2.05, 4.69) is 20.1 Å². The number of ether oxygens (including phenoxy) is 1. The molecule has 2 rings (SSSR count). The molecule has 0 aliphatic rings. The third-order valence-electron chi connectivity index (χ3n) is 2.97. The molecular formula is C12H17N5O2. The van der Waals surface area contributed by atoms with Crippen molar-refractivity contribution < 1.29 is 9.26 Å². The fraction of sp³-hybridized carbons (Fsp3) is 0.500. The molecule has 0 saturated carbocycles. The molecule has 2 N–H and O–H groups in total. The molecule has 0 radical (unpaired) electrons. The lowest BCUT2D eigenvalue weighted by Crippen LogP contribution is -2.26. The standard InChI is InChI=1S/C12H17N5O2/c1-4-12(3,18-5-2)11-16-10(19-17-11)8-9(13)15-7-6-14-8/h6-7H,4-5H2,1-3H3,(H2,13,15). The van der Waals surface area contributed by atoms with Crippen LogP contribution in [0, 0.1) is 0 Å². The summed E-state index contributed by atoms with van der Waals surface area (Å²) in [5, 5.41) is 3.96. The second kappa shape index (κ2) is 5.31. The fourth-order valence-electron chi connectivity index (χ4n) is 1.69. The van der Waals surface area contributed by atoms with E-state index in [4.69, 9.17) is 15.0 Å². The smallest absolute Gasteiger partial charge is 0.280 e. The Kier molecular flexibility index (Phi) is 3.75. The molecule has 0 aromatic carbocycles. The minimum Gasteiger partial charge on any atom is -0.382 e. The van der Waals surface area contributed by atoms with E-state index in [1.165, 1.54) is 12.4 Å². The molecule has 0 amide bonds. The van der Waals surface area contributed by atoms with Gasteiger partial charge in [0.25, 0.3) is 5.89 Å². The summed E-state index contributed by atoms with van der Waals surface area (Å²) in [4.78, 5) is 12.3. The van der Waals surface area contributed by atoms with Gasteiger partial charge in [-0.3, -0.25) is 0 Å². The van der Waals surface area contributed by atoms with Gasteiger partial charge in [-0.15, -0.1) is 0 Å². The Morgan fingerprint density at radius 2 is 2.05 bits per heavy atom. The summed E-state index contributed by atoms with van der Waals surface area (Å²) >= 11 is 0. The van der Waals surface area contributed by atoms with Crippen molar-refractivity contribution in [2.24, 2.45) is 0 Å². The zero-order chi connectivity index (χ0) is 13.9. The van der Waals surface area contributed by atoms with Crippen molar-refractivity contribution in [3.8, 4) is 11.6 Å². The topological polar surface area (TPSA) is 100.0 Å². The number of anilines is 1. The molecule has 2 heterocycles. The maximum atomic E-state index is 5.73. The monoisotopic (exact) mass is 263 g/mol. The lowest BCUT2D eigenvalue weighted by atomic mass is 10.0. The van der Waals surface area contributed by atoms with Gasteiger partial charge >= 0.3 is 0 Å². The molecule has 0 spiro atoms. The lowest BCUT2D eigenvalue weighted by molar-refractivity contribution is -0.0403. The van der Waals surface area contributed by atoms with Crippen LogP contribution in [-0.2, 0) is 10.3 Å². The number of nitrogen functional groups attached to an aromatic ring is 1. The second-order valence-electron chi connectivity index (χ2n) is 4.23. The Hall–Kier alpha value is -2.02. The van der Waals surface area contributed by atoms with E-state index in [9.17, 15) is 0 Å². The molecule has 1 atom stereocenters. The first kappa shape index (κ1) is 13.4. The van der Waals surface area contributed by atoms with Gasteiger partial charge in [-0.1, -0.05) is 12.1 Å². The zero-order valence-electron chi connectivity index (χ0n) is 11.3. The molecule has 2 aromatic rings. The van der Waals surface area contributed by atoms with Crippen molar-refractivity contribution in [3.63, 3.8) is 0 Å². The van der Waals surface area contributed by atoms with E-state index in [0.29, 0.717) is 18.1 Å². The Labute approximate surface area is 111 Å². The van der Waals surface area contributed by atoms with Gasteiger partial charge in [0.05, 0.1) is 0 Å². The number of hydrogen-bond acceptors (Lipinski definition) is 7. The van der Waals surface area contributed by atoms with Crippen molar-refractivity contribution >= 4 is 5.82 Å². The molecule has 19 heavy (non-hydrogen) atoms. The maximum absolute atomic E-state index is 5.73. The molecule has 7 heteroatoms. The number of nitrogens with two attached hydrogens (primary N) is 1. The summed E-state index contributed by atoms with van der Waals surface area (Å²) in [6.07, 6.45) is 3.76. The van der Waals surface area contributed by atoms with Crippen molar-refractivity contribution in [2.75, 3.05) is 12.3 Å². The van der Waals surface area contributed by atoms with Gasteiger partial charge in [-0.25, -0.2) is 9.97 Å². The van der Waals surface area contributed by atoms with Gasteiger partial charge in [0.2, 0.25) is 5.82 Å². The van der Waals surface area contributed by atoms with E-state index >= 15 is 0 Å². The molecule has 0 bridgehead atoms. The minimum atomic E-state index is -0.576. The highest BCUT2D eigenvalue weighted by atomic mass is 16.5. The van der Waals surface area contributed by atoms with E-state index < -0.39 is 5.60 Å². The van der Waals surface area contributed by atoms with Crippen molar-refractivity contribution in [2.45, 2.75) is 32.8 Å². The van der Waals surface area contributed by atoms with Crippen LogP contribution in [-0.4, -0.2) is 26.7 Å². The predicted molar refractivity (Wildman–Crippen MR) is 69.0 cm³/mol. The largest absolute Gasteiger partial charge is 0.382 e. The third kappa shape index (κ3) is 2.55. The highest BCUT2D eigenvalue weighted by Crippen LogP contribution is 2.29. The molecule has 1 unspecified atom stereocenters. The summed E-state index contributed by atoms with van der Waals surface area (Å²) in [5.41, 5.74) is 5.54. The van der Waals surface area contributed by atoms with Crippen LogP contribution < -0.4 is 5.73 Å². The molecule has 0 fully saturated rings. The van der Waals surface area contributed by atoms with E-state index in [1.807, 2.05) is 20.8 Å². The summed E-state index contributed by atoms with van der Waals surface area (Å²) in [7, 11) is 0. The summed E-state index contributed by atoms with van der Waals surface area (Å²) in [5.74, 6) is 0.990. The van der Waals surface area contributed by atoms with Crippen LogP contribution in [0.5, 0.6) is 0 Å². The lowest BCUT2D eigenvalue weighted by Gasteiger charge is -2.23. The third-order valence-corrected chi connectivity index (χ3v) is 2.97. The molecule has 0 aliphatic carbocycles. The Balaban J connectivity index is 2.36. The van der Waals surface area contributed by atoms with Crippen LogP contribution in [0.3, 0.4) is 0 Å². The van der Waals surface area contributed by atoms with Crippen LogP contribution >= 0.6 is 0 Å². The van der Waals surface area contributed by atoms with Gasteiger partial charge in [0.1, 0.15) is 5.60 Å². The van der Waals surface area contributed by atoms with Crippen molar-refractivity contribution in [1.82, 2.24) is 20.1 Å². The van der Waals surface area contributed by atoms with E-state index in [-0.39, 0.29) is 11.7 Å².